The van der Waals surface area contributed by atoms with Crippen LogP contribution in [-0.4, -0.2) is 34.1 Å². The first kappa shape index (κ1) is 25.7. The molecule has 0 aliphatic carbocycles. The van der Waals surface area contributed by atoms with E-state index in [1.807, 2.05) is 0 Å². The van der Waals surface area contributed by atoms with E-state index in [1.165, 1.54) is 30.9 Å². The van der Waals surface area contributed by atoms with Crippen molar-refractivity contribution in [3.63, 3.8) is 0 Å². The van der Waals surface area contributed by atoms with E-state index in [-0.39, 0.29) is 36.8 Å². The number of anilines is 1. The monoisotopic (exact) mass is 511 g/mol. The van der Waals surface area contributed by atoms with E-state index in [9.17, 15) is 22.8 Å². The van der Waals surface area contributed by atoms with Crippen molar-refractivity contribution in [1.29, 1.82) is 0 Å². The molecule has 0 saturated carbocycles. The summed E-state index contributed by atoms with van der Waals surface area (Å²) in [6.45, 7) is 1.90. The fourth-order valence-corrected chi connectivity index (χ4v) is 3.77. The zero-order valence-corrected chi connectivity index (χ0v) is 20.1. The molecule has 0 unspecified atom stereocenters. The fraction of sp³-hybridized carbons (Fsp3) is 0.231. The van der Waals surface area contributed by atoms with Crippen molar-refractivity contribution in [2.24, 2.45) is 0 Å². The Balaban J connectivity index is 1.70. The second-order valence-corrected chi connectivity index (χ2v) is 8.25. The third kappa shape index (κ3) is 6.05. The normalized spacial score (nSPS) is 11.4. The number of carbonyl (C=O) groups excluding carboxylic acids is 1. The number of nitrogens with one attached hydrogen (secondary N) is 2. The van der Waals surface area contributed by atoms with Crippen molar-refractivity contribution in [2.75, 3.05) is 19.0 Å². The highest BCUT2D eigenvalue weighted by Gasteiger charge is 2.30. The molecule has 1 amide bonds. The maximum Gasteiger partial charge on any atom is 0.416 e. The molecule has 4 aromatic rings. The molecular formula is C26H24F3N5O3. The van der Waals surface area contributed by atoms with Gasteiger partial charge in [-0.3, -0.25) is 14.2 Å². The van der Waals surface area contributed by atoms with Gasteiger partial charge in [0.15, 0.2) is 5.65 Å². The van der Waals surface area contributed by atoms with E-state index in [0.717, 1.165) is 12.1 Å². The first-order chi connectivity index (χ1) is 17.7. The highest BCUT2D eigenvalue weighted by molar-refractivity contribution is 5.78. The molecule has 0 saturated heterocycles. The van der Waals surface area contributed by atoms with Crippen LogP contribution in [0.4, 0.5) is 18.9 Å². The molecule has 8 nitrogen and oxygen atoms in total. The lowest BCUT2D eigenvalue weighted by Crippen LogP contribution is -2.31. The SMILES string of the molecule is COc1ccc(-c2nc3cc(NCc4cccc(C(F)(F)F)c4)cnc3n(CCNC(C)=O)c2=O)cc1. The summed E-state index contributed by atoms with van der Waals surface area (Å²) in [6, 6.07) is 13.6. The number of rotatable bonds is 8. The maximum absolute atomic E-state index is 13.3. The lowest BCUT2D eigenvalue weighted by atomic mass is 10.1. The van der Waals surface area contributed by atoms with Crippen LogP contribution < -0.4 is 20.9 Å². The molecule has 0 aliphatic heterocycles. The largest absolute Gasteiger partial charge is 0.497 e. The Morgan fingerprint density at radius 2 is 1.86 bits per heavy atom. The van der Waals surface area contributed by atoms with Gasteiger partial charge < -0.3 is 15.4 Å². The number of carbonyl (C=O) groups is 1. The first-order valence-electron chi connectivity index (χ1n) is 11.3. The van der Waals surface area contributed by atoms with Gasteiger partial charge in [-0.1, -0.05) is 12.1 Å². The number of methoxy groups -OCH3 is 1. The summed E-state index contributed by atoms with van der Waals surface area (Å²) in [5, 5.41) is 5.74. The van der Waals surface area contributed by atoms with E-state index in [0.29, 0.717) is 33.7 Å². The number of alkyl halides is 3. The molecule has 0 aliphatic rings. The third-order valence-electron chi connectivity index (χ3n) is 5.61. The van der Waals surface area contributed by atoms with Crippen LogP contribution in [0, 0.1) is 0 Å². The highest BCUT2D eigenvalue weighted by Crippen LogP contribution is 2.29. The Hall–Kier alpha value is -4.41. The first-order valence-corrected chi connectivity index (χ1v) is 11.3. The maximum atomic E-state index is 13.3. The predicted molar refractivity (Wildman–Crippen MR) is 133 cm³/mol. The molecule has 0 radical (unpaired) electrons. The standard InChI is InChI=1S/C26H24F3N5O3/c1-16(35)30-10-11-34-24-22(33-23(25(34)36)18-6-8-21(37-2)9-7-18)13-20(15-32-24)31-14-17-4-3-5-19(12-17)26(27,28)29/h3-9,12-13,15,31H,10-11,14H2,1-2H3,(H,30,35). The average molecular weight is 512 g/mol. The van der Waals surface area contributed by atoms with Crippen LogP contribution in [0.3, 0.4) is 0 Å². The van der Waals surface area contributed by atoms with Gasteiger partial charge in [-0.2, -0.15) is 13.2 Å². The lowest BCUT2D eigenvalue weighted by molar-refractivity contribution is -0.137. The van der Waals surface area contributed by atoms with Crippen molar-refractivity contribution in [3.05, 3.63) is 82.3 Å². The molecule has 37 heavy (non-hydrogen) atoms. The Labute approximate surface area is 210 Å². The minimum atomic E-state index is -4.43. The zero-order valence-electron chi connectivity index (χ0n) is 20.1. The van der Waals surface area contributed by atoms with Gasteiger partial charge in [0, 0.05) is 32.1 Å². The molecular weight excluding hydrogens is 487 g/mol. The van der Waals surface area contributed by atoms with Crippen molar-refractivity contribution in [1.82, 2.24) is 19.9 Å². The average Bonchev–Trinajstić information content (AvgIpc) is 2.88. The molecule has 0 spiro atoms. The van der Waals surface area contributed by atoms with Crippen molar-refractivity contribution in [2.45, 2.75) is 26.2 Å². The van der Waals surface area contributed by atoms with E-state index in [1.54, 1.807) is 36.4 Å². The second kappa shape index (κ2) is 10.7. The summed E-state index contributed by atoms with van der Waals surface area (Å²) in [7, 11) is 1.54. The van der Waals surface area contributed by atoms with Gasteiger partial charge in [0.2, 0.25) is 5.91 Å². The Kier molecular flexibility index (Phi) is 7.42. The minimum Gasteiger partial charge on any atom is -0.497 e. The van der Waals surface area contributed by atoms with Crippen molar-refractivity contribution >= 4 is 22.8 Å². The molecule has 0 bridgehead atoms. The molecule has 11 heteroatoms. The summed E-state index contributed by atoms with van der Waals surface area (Å²) in [6.07, 6.45) is -2.94. The predicted octanol–water partition coefficient (Wildman–Crippen LogP) is 4.23. The molecule has 2 heterocycles. The van der Waals surface area contributed by atoms with Crippen LogP contribution in [0.25, 0.3) is 22.4 Å². The zero-order chi connectivity index (χ0) is 26.6. The summed E-state index contributed by atoms with van der Waals surface area (Å²) in [4.78, 5) is 33.6. The molecule has 4 rings (SSSR count). The quantitative estimate of drug-likeness (QED) is 0.367. The van der Waals surface area contributed by atoms with E-state index in [4.69, 9.17) is 4.74 Å². The van der Waals surface area contributed by atoms with Crippen molar-refractivity contribution < 1.29 is 22.7 Å². The number of aromatic nitrogens is 3. The number of halogens is 3. The van der Waals surface area contributed by atoms with Crippen molar-refractivity contribution in [3.8, 4) is 17.0 Å². The van der Waals surface area contributed by atoms with Gasteiger partial charge in [-0.25, -0.2) is 9.97 Å². The number of amides is 1. The van der Waals surface area contributed by atoms with Gasteiger partial charge in [-0.05, 0) is 48.0 Å². The Morgan fingerprint density at radius 3 is 2.54 bits per heavy atom. The molecule has 2 aromatic carbocycles. The highest BCUT2D eigenvalue weighted by atomic mass is 19.4. The van der Waals surface area contributed by atoms with Gasteiger partial charge in [0.1, 0.15) is 17.0 Å². The smallest absolute Gasteiger partial charge is 0.416 e. The van der Waals surface area contributed by atoms with Crippen LogP contribution in [0.5, 0.6) is 5.75 Å². The summed E-state index contributed by atoms with van der Waals surface area (Å²) in [5.74, 6) is 0.397. The fourth-order valence-electron chi connectivity index (χ4n) is 3.77. The summed E-state index contributed by atoms with van der Waals surface area (Å²) < 4.78 is 45.7. The molecule has 0 fully saturated rings. The van der Waals surface area contributed by atoms with E-state index < -0.39 is 11.7 Å². The molecule has 2 N–H and O–H groups in total. The second-order valence-electron chi connectivity index (χ2n) is 8.25. The van der Waals surface area contributed by atoms with Crippen LogP contribution in [0.15, 0.2) is 65.6 Å². The summed E-state index contributed by atoms with van der Waals surface area (Å²) in [5.41, 5.74) is 1.35. The Bertz CT molecular complexity index is 1480. The van der Waals surface area contributed by atoms with Gasteiger partial charge in [0.05, 0.1) is 24.6 Å². The number of nitrogens with zero attached hydrogens (tertiary/aromatic N) is 3. The molecule has 192 valence electrons. The van der Waals surface area contributed by atoms with Crippen LogP contribution in [-0.2, 0) is 24.1 Å². The van der Waals surface area contributed by atoms with Crippen LogP contribution in [0.2, 0.25) is 0 Å². The van der Waals surface area contributed by atoms with E-state index >= 15 is 0 Å². The Morgan fingerprint density at radius 1 is 1.11 bits per heavy atom. The number of pyridine rings is 1. The topological polar surface area (TPSA) is 98.1 Å². The van der Waals surface area contributed by atoms with Gasteiger partial charge in [-0.15, -0.1) is 0 Å². The van der Waals surface area contributed by atoms with E-state index in [2.05, 4.69) is 20.6 Å². The number of hydrogen-bond donors (Lipinski definition) is 2. The number of benzene rings is 2. The number of hydrogen-bond acceptors (Lipinski definition) is 6. The van der Waals surface area contributed by atoms with Gasteiger partial charge in [0.25, 0.3) is 5.56 Å². The summed E-state index contributed by atoms with van der Waals surface area (Å²) >= 11 is 0. The molecule has 0 atom stereocenters. The number of ether oxygens (including phenoxy) is 1. The lowest BCUT2D eigenvalue weighted by Gasteiger charge is -2.14. The van der Waals surface area contributed by atoms with Crippen LogP contribution >= 0.6 is 0 Å². The third-order valence-corrected chi connectivity index (χ3v) is 5.61. The van der Waals surface area contributed by atoms with Gasteiger partial charge >= 0.3 is 6.18 Å². The molecule has 2 aromatic heterocycles. The number of fused-ring (bicyclic) bond motifs is 1. The minimum absolute atomic E-state index is 0.130. The van der Waals surface area contributed by atoms with Crippen LogP contribution in [0.1, 0.15) is 18.1 Å².